The second kappa shape index (κ2) is 10.1. The second-order valence-corrected chi connectivity index (χ2v) is 8.93. The number of aromatic nitrogens is 2. The van der Waals surface area contributed by atoms with Crippen molar-refractivity contribution in [1.82, 2.24) is 14.9 Å². The molecule has 1 aliphatic carbocycles. The number of nitrogens with one attached hydrogen (secondary N) is 1. The lowest BCUT2D eigenvalue weighted by molar-refractivity contribution is 0.0517. The van der Waals surface area contributed by atoms with Crippen molar-refractivity contribution in [2.24, 2.45) is 0 Å². The van der Waals surface area contributed by atoms with E-state index in [4.69, 9.17) is 16.3 Å². The van der Waals surface area contributed by atoms with Crippen molar-refractivity contribution in [3.8, 4) is 0 Å². The van der Waals surface area contributed by atoms with Gasteiger partial charge in [-0.25, -0.2) is 9.78 Å². The summed E-state index contributed by atoms with van der Waals surface area (Å²) in [5.74, 6) is -0.396. The van der Waals surface area contributed by atoms with Crippen LogP contribution in [-0.2, 0) is 4.74 Å². The zero-order valence-electron chi connectivity index (χ0n) is 17.3. The molecular formula is C22H29BrClN3O2. The first-order chi connectivity index (χ1) is 13.9. The average molecular weight is 483 g/mol. The largest absolute Gasteiger partial charge is 0.461 e. The van der Waals surface area contributed by atoms with E-state index >= 15 is 0 Å². The summed E-state index contributed by atoms with van der Waals surface area (Å²) >= 11 is 9.70. The number of hydrogen-bond acceptors (Lipinski definition) is 4. The van der Waals surface area contributed by atoms with Crippen molar-refractivity contribution in [3.05, 3.63) is 51.0 Å². The smallest absolute Gasteiger partial charge is 0.358 e. The maximum atomic E-state index is 12.8. The summed E-state index contributed by atoms with van der Waals surface area (Å²) in [5, 5.41) is 4.51. The van der Waals surface area contributed by atoms with Gasteiger partial charge in [-0.15, -0.1) is 0 Å². The maximum Gasteiger partial charge on any atom is 0.358 e. The first-order valence-corrected chi connectivity index (χ1v) is 11.6. The van der Waals surface area contributed by atoms with Gasteiger partial charge in [0.05, 0.1) is 18.3 Å². The molecule has 0 saturated heterocycles. The first kappa shape index (κ1) is 22.3. The number of rotatable bonds is 7. The highest BCUT2D eigenvalue weighted by atomic mass is 79.9. The molecule has 2 aromatic rings. The molecule has 1 unspecified atom stereocenters. The highest BCUT2D eigenvalue weighted by Gasteiger charge is 2.32. The summed E-state index contributed by atoms with van der Waals surface area (Å²) in [6, 6.07) is 8.15. The van der Waals surface area contributed by atoms with E-state index in [2.05, 4.69) is 44.6 Å². The highest BCUT2D eigenvalue weighted by Crippen LogP contribution is 2.34. The molecule has 0 spiro atoms. The number of esters is 1. The molecule has 0 aliphatic heterocycles. The number of carbonyl (C=O) groups is 1. The van der Waals surface area contributed by atoms with E-state index in [0.29, 0.717) is 28.1 Å². The molecule has 1 aromatic carbocycles. The third-order valence-corrected chi connectivity index (χ3v) is 6.19. The van der Waals surface area contributed by atoms with Gasteiger partial charge in [0.25, 0.3) is 0 Å². The Labute approximate surface area is 186 Å². The fourth-order valence-electron chi connectivity index (χ4n) is 4.03. The van der Waals surface area contributed by atoms with Crippen LogP contribution in [0.4, 0.5) is 0 Å². The minimum Gasteiger partial charge on any atom is -0.461 e. The molecule has 158 valence electrons. The van der Waals surface area contributed by atoms with Crippen LogP contribution in [0.15, 0.2) is 29.0 Å². The average Bonchev–Trinajstić information content (AvgIpc) is 3.05. The minimum absolute atomic E-state index is 0.123. The monoisotopic (exact) mass is 481 g/mol. The molecule has 1 heterocycles. The Morgan fingerprint density at radius 1 is 1.28 bits per heavy atom. The van der Waals surface area contributed by atoms with Gasteiger partial charge in [-0.2, -0.15) is 0 Å². The van der Waals surface area contributed by atoms with Crippen LogP contribution in [0.3, 0.4) is 0 Å². The standard InChI is InChI=1S/C22H29BrClN3O2/c1-4-29-21(28)19-20(27(14(2)3)22(23)26-19)18(15-10-12-16(24)13-11-15)25-17-8-6-5-7-9-17/h10-14,17-18,25H,4-9H2,1-3H3. The maximum absolute atomic E-state index is 12.8. The van der Waals surface area contributed by atoms with E-state index in [-0.39, 0.29) is 12.1 Å². The van der Waals surface area contributed by atoms with Crippen molar-refractivity contribution in [2.75, 3.05) is 6.61 Å². The van der Waals surface area contributed by atoms with Crippen LogP contribution in [0.5, 0.6) is 0 Å². The predicted molar refractivity (Wildman–Crippen MR) is 120 cm³/mol. The minimum atomic E-state index is -0.396. The third-order valence-electron chi connectivity index (χ3n) is 5.37. The molecule has 0 bridgehead atoms. The number of ether oxygens (including phenoxy) is 1. The molecule has 29 heavy (non-hydrogen) atoms. The van der Waals surface area contributed by atoms with Crippen LogP contribution in [0.2, 0.25) is 5.02 Å². The molecule has 3 rings (SSSR count). The van der Waals surface area contributed by atoms with E-state index in [1.807, 2.05) is 31.2 Å². The number of benzene rings is 1. The SMILES string of the molecule is CCOC(=O)c1nc(Br)n(C(C)C)c1C(NC1CCCCC1)c1ccc(Cl)cc1. The topological polar surface area (TPSA) is 56.1 Å². The molecule has 1 aliphatic rings. The van der Waals surface area contributed by atoms with Crippen LogP contribution >= 0.6 is 27.5 Å². The Kier molecular flexibility index (Phi) is 7.77. The van der Waals surface area contributed by atoms with Gasteiger partial charge in [0.15, 0.2) is 10.4 Å². The van der Waals surface area contributed by atoms with Gasteiger partial charge in [-0.05, 0) is 67.2 Å². The summed E-state index contributed by atoms with van der Waals surface area (Å²) < 4.78 is 8.03. The van der Waals surface area contributed by atoms with Gasteiger partial charge in [-0.3, -0.25) is 0 Å². The summed E-state index contributed by atoms with van der Waals surface area (Å²) in [6.45, 7) is 6.30. The Bertz CT molecular complexity index is 829. The second-order valence-electron chi connectivity index (χ2n) is 7.79. The first-order valence-electron chi connectivity index (χ1n) is 10.4. The summed E-state index contributed by atoms with van der Waals surface area (Å²) in [7, 11) is 0. The normalized spacial score (nSPS) is 16.2. The van der Waals surface area contributed by atoms with E-state index < -0.39 is 5.97 Å². The summed E-state index contributed by atoms with van der Waals surface area (Å²) in [5.41, 5.74) is 2.24. The number of halogens is 2. The number of nitrogens with zero attached hydrogens (tertiary/aromatic N) is 2. The Balaban J connectivity index is 2.12. The van der Waals surface area contributed by atoms with E-state index in [1.165, 1.54) is 19.3 Å². The van der Waals surface area contributed by atoms with E-state index in [9.17, 15) is 4.79 Å². The van der Waals surface area contributed by atoms with Crippen molar-refractivity contribution in [3.63, 3.8) is 0 Å². The molecule has 1 N–H and O–H groups in total. The van der Waals surface area contributed by atoms with Gasteiger partial charge in [0.1, 0.15) is 0 Å². The lowest BCUT2D eigenvalue weighted by Gasteiger charge is -2.30. The highest BCUT2D eigenvalue weighted by molar-refractivity contribution is 9.10. The van der Waals surface area contributed by atoms with Crippen molar-refractivity contribution < 1.29 is 9.53 Å². The van der Waals surface area contributed by atoms with E-state index in [0.717, 1.165) is 24.1 Å². The lowest BCUT2D eigenvalue weighted by Crippen LogP contribution is -2.37. The molecule has 1 aromatic heterocycles. The van der Waals surface area contributed by atoms with Crippen LogP contribution in [0, 0.1) is 0 Å². The molecular weight excluding hydrogens is 454 g/mol. The number of imidazole rings is 1. The fraction of sp³-hybridized carbons (Fsp3) is 0.545. The molecule has 1 fully saturated rings. The van der Waals surface area contributed by atoms with Gasteiger partial charge in [0, 0.05) is 17.1 Å². The zero-order valence-corrected chi connectivity index (χ0v) is 19.6. The van der Waals surface area contributed by atoms with Gasteiger partial charge in [-0.1, -0.05) is 43.0 Å². The molecule has 1 saturated carbocycles. The van der Waals surface area contributed by atoms with Crippen molar-refractivity contribution in [1.29, 1.82) is 0 Å². The van der Waals surface area contributed by atoms with Crippen LogP contribution in [-0.4, -0.2) is 28.2 Å². The van der Waals surface area contributed by atoms with E-state index in [1.54, 1.807) is 0 Å². The Morgan fingerprint density at radius 2 is 1.93 bits per heavy atom. The van der Waals surface area contributed by atoms with Crippen LogP contribution in [0.25, 0.3) is 0 Å². The molecule has 5 nitrogen and oxygen atoms in total. The van der Waals surface area contributed by atoms with Crippen LogP contribution in [0.1, 0.15) is 86.7 Å². The van der Waals surface area contributed by atoms with Gasteiger partial charge in [0.2, 0.25) is 0 Å². The van der Waals surface area contributed by atoms with Crippen LogP contribution < -0.4 is 5.32 Å². The molecule has 1 atom stereocenters. The molecule has 0 radical (unpaired) electrons. The Morgan fingerprint density at radius 3 is 2.52 bits per heavy atom. The van der Waals surface area contributed by atoms with Crippen molar-refractivity contribution >= 4 is 33.5 Å². The third kappa shape index (κ3) is 5.22. The number of hydrogen-bond donors (Lipinski definition) is 1. The predicted octanol–water partition coefficient (Wildman–Crippen LogP) is 6.07. The fourth-order valence-corrected chi connectivity index (χ4v) is 4.93. The molecule has 7 heteroatoms. The summed E-state index contributed by atoms with van der Waals surface area (Å²) in [4.78, 5) is 17.3. The Hall–Kier alpha value is -1.37. The summed E-state index contributed by atoms with van der Waals surface area (Å²) in [6.07, 6.45) is 6.00. The number of carbonyl (C=O) groups excluding carboxylic acids is 1. The van der Waals surface area contributed by atoms with Crippen molar-refractivity contribution in [2.45, 2.75) is 71.0 Å². The van der Waals surface area contributed by atoms with Gasteiger partial charge < -0.3 is 14.6 Å². The molecule has 0 amide bonds. The lowest BCUT2D eigenvalue weighted by atomic mass is 9.92. The zero-order chi connectivity index (χ0) is 21.0. The quantitative estimate of drug-likeness (QED) is 0.487. The van der Waals surface area contributed by atoms with Gasteiger partial charge >= 0.3 is 5.97 Å².